The van der Waals surface area contributed by atoms with Crippen LogP contribution in [0.2, 0.25) is 0 Å². The lowest BCUT2D eigenvalue weighted by atomic mass is 10.1. The van der Waals surface area contributed by atoms with Gasteiger partial charge in [0.05, 0.1) is 16.7 Å². The molecule has 1 N–H and O–H groups in total. The first kappa shape index (κ1) is 15.2. The number of benzene rings is 2. The number of aromatic nitrogens is 2. The standard InChI is InChI=1S/C15H9N3O.2ClH/c19-18-14-10-6-2-1-5-9(10)13-15(14)17-12-8-4-3-7-11(12)16-13;;/h1-8,19H;2*1H. The lowest BCUT2D eigenvalue weighted by Crippen LogP contribution is -2.01. The lowest BCUT2D eigenvalue weighted by Gasteiger charge is -2.01. The number of para-hydroxylation sites is 2. The molecule has 1 aliphatic rings. The molecule has 1 aromatic heterocycles. The number of nitrogens with zero attached hydrogens (tertiary/aromatic N) is 3. The molecule has 1 aliphatic carbocycles. The van der Waals surface area contributed by atoms with Gasteiger partial charge in [-0.05, 0) is 12.1 Å². The van der Waals surface area contributed by atoms with Gasteiger partial charge in [-0.3, -0.25) is 0 Å². The van der Waals surface area contributed by atoms with Crippen molar-refractivity contribution in [1.82, 2.24) is 9.97 Å². The van der Waals surface area contributed by atoms with Crippen molar-refractivity contribution in [1.29, 1.82) is 0 Å². The Kier molecular flexibility index (Phi) is 4.11. The van der Waals surface area contributed by atoms with E-state index in [1.807, 2.05) is 48.5 Å². The van der Waals surface area contributed by atoms with Crippen LogP contribution in [0.25, 0.3) is 22.3 Å². The number of halogens is 2. The Hall–Kier alpha value is -2.17. The molecule has 0 spiro atoms. The summed E-state index contributed by atoms with van der Waals surface area (Å²) in [5.74, 6) is 0. The fraction of sp³-hybridized carbons (Fsp3) is 0. The van der Waals surface area contributed by atoms with Gasteiger partial charge in [-0.25, -0.2) is 9.97 Å². The summed E-state index contributed by atoms with van der Waals surface area (Å²) in [7, 11) is 0. The van der Waals surface area contributed by atoms with Crippen LogP contribution in [0.3, 0.4) is 0 Å². The van der Waals surface area contributed by atoms with Gasteiger partial charge in [-0.2, -0.15) is 0 Å². The minimum atomic E-state index is 0. The smallest absolute Gasteiger partial charge is 0.138 e. The zero-order chi connectivity index (χ0) is 12.8. The summed E-state index contributed by atoms with van der Waals surface area (Å²) >= 11 is 0. The van der Waals surface area contributed by atoms with Crippen LogP contribution >= 0.6 is 24.8 Å². The van der Waals surface area contributed by atoms with Crippen LogP contribution in [0.15, 0.2) is 53.7 Å². The topological polar surface area (TPSA) is 58.4 Å². The highest BCUT2D eigenvalue weighted by molar-refractivity contribution is 6.23. The molecule has 0 atom stereocenters. The van der Waals surface area contributed by atoms with Gasteiger partial charge >= 0.3 is 0 Å². The predicted molar refractivity (Wildman–Crippen MR) is 86.9 cm³/mol. The molecule has 0 unspecified atom stereocenters. The van der Waals surface area contributed by atoms with E-state index in [-0.39, 0.29) is 24.8 Å². The summed E-state index contributed by atoms with van der Waals surface area (Å²) < 4.78 is 0. The van der Waals surface area contributed by atoms with Crippen LogP contribution in [-0.2, 0) is 0 Å². The Morgan fingerprint density at radius 1 is 0.714 bits per heavy atom. The number of oxime groups is 1. The highest BCUT2D eigenvalue weighted by Gasteiger charge is 2.28. The molecule has 3 aromatic rings. The molecule has 1 heterocycles. The number of hydrogen-bond donors (Lipinski definition) is 1. The first-order chi connectivity index (χ1) is 9.38. The van der Waals surface area contributed by atoms with Crippen LogP contribution < -0.4 is 0 Å². The van der Waals surface area contributed by atoms with Crippen molar-refractivity contribution < 1.29 is 5.21 Å². The third-order valence-corrected chi connectivity index (χ3v) is 3.33. The third kappa shape index (κ3) is 2.13. The van der Waals surface area contributed by atoms with E-state index in [1.165, 1.54) is 0 Å². The second-order valence-corrected chi connectivity index (χ2v) is 4.40. The van der Waals surface area contributed by atoms with Crippen molar-refractivity contribution in [3.63, 3.8) is 0 Å². The van der Waals surface area contributed by atoms with Crippen LogP contribution in [0.4, 0.5) is 0 Å². The lowest BCUT2D eigenvalue weighted by molar-refractivity contribution is 0.319. The molecule has 0 bridgehead atoms. The fourth-order valence-electron chi connectivity index (χ4n) is 2.48. The summed E-state index contributed by atoms with van der Waals surface area (Å²) in [4.78, 5) is 9.21. The summed E-state index contributed by atoms with van der Waals surface area (Å²) in [6.07, 6.45) is 0. The van der Waals surface area contributed by atoms with Crippen LogP contribution in [-0.4, -0.2) is 20.9 Å². The Morgan fingerprint density at radius 3 is 1.86 bits per heavy atom. The average molecular weight is 320 g/mol. The molecule has 0 fully saturated rings. The van der Waals surface area contributed by atoms with E-state index >= 15 is 0 Å². The highest BCUT2D eigenvalue weighted by Crippen LogP contribution is 2.35. The first-order valence-corrected chi connectivity index (χ1v) is 5.97. The predicted octanol–water partition coefficient (Wildman–Crippen LogP) is 3.68. The molecular formula is C15H11Cl2N3O. The SMILES string of the molecule is Cl.Cl.ON=C1c2ccccc2-c2nc3ccccc3nc21. The minimum absolute atomic E-state index is 0. The zero-order valence-electron chi connectivity index (χ0n) is 10.7. The van der Waals surface area contributed by atoms with E-state index in [4.69, 9.17) is 0 Å². The Morgan fingerprint density at radius 2 is 1.24 bits per heavy atom. The van der Waals surface area contributed by atoms with Gasteiger partial charge < -0.3 is 5.21 Å². The van der Waals surface area contributed by atoms with E-state index in [9.17, 15) is 5.21 Å². The van der Waals surface area contributed by atoms with Crippen molar-refractivity contribution in [2.45, 2.75) is 0 Å². The van der Waals surface area contributed by atoms with Gasteiger partial charge in [-0.15, -0.1) is 24.8 Å². The maximum atomic E-state index is 9.25. The van der Waals surface area contributed by atoms with E-state index in [0.29, 0.717) is 11.4 Å². The number of fused-ring (bicyclic) bond motifs is 4. The van der Waals surface area contributed by atoms with Gasteiger partial charge in [0.15, 0.2) is 0 Å². The maximum Gasteiger partial charge on any atom is 0.138 e. The van der Waals surface area contributed by atoms with Gasteiger partial charge in [0, 0.05) is 11.1 Å². The monoisotopic (exact) mass is 319 g/mol. The molecule has 0 radical (unpaired) electrons. The average Bonchev–Trinajstić information content (AvgIpc) is 2.78. The second-order valence-electron chi connectivity index (χ2n) is 4.40. The molecule has 2 aromatic carbocycles. The van der Waals surface area contributed by atoms with E-state index in [0.717, 1.165) is 27.9 Å². The molecule has 0 aliphatic heterocycles. The molecule has 21 heavy (non-hydrogen) atoms. The molecule has 0 amide bonds. The van der Waals surface area contributed by atoms with Crippen molar-refractivity contribution in [2.24, 2.45) is 5.16 Å². The third-order valence-electron chi connectivity index (χ3n) is 3.33. The zero-order valence-corrected chi connectivity index (χ0v) is 12.4. The summed E-state index contributed by atoms with van der Waals surface area (Å²) in [6, 6.07) is 15.4. The molecule has 6 heteroatoms. The molecule has 4 rings (SSSR count). The second kappa shape index (κ2) is 5.68. The number of hydrogen-bond acceptors (Lipinski definition) is 4. The Bertz CT molecular complexity index is 849. The number of rotatable bonds is 0. The molecule has 0 saturated heterocycles. The molecule has 106 valence electrons. The largest absolute Gasteiger partial charge is 0.410 e. The first-order valence-electron chi connectivity index (χ1n) is 5.97. The van der Waals surface area contributed by atoms with Crippen LogP contribution in [0.5, 0.6) is 0 Å². The van der Waals surface area contributed by atoms with Crippen molar-refractivity contribution in [3.8, 4) is 11.3 Å². The summed E-state index contributed by atoms with van der Waals surface area (Å²) in [6.45, 7) is 0. The Balaban J connectivity index is 0.000000807. The van der Waals surface area contributed by atoms with Crippen LogP contribution in [0, 0.1) is 0 Å². The van der Waals surface area contributed by atoms with Gasteiger partial charge in [-0.1, -0.05) is 41.6 Å². The summed E-state index contributed by atoms with van der Waals surface area (Å²) in [5.41, 5.74) is 5.39. The van der Waals surface area contributed by atoms with Crippen molar-refractivity contribution in [3.05, 3.63) is 59.8 Å². The quantitative estimate of drug-likeness (QED) is 0.397. The van der Waals surface area contributed by atoms with E-state index in [1.54, 1.807) is 0 Å². The molecule has 4 nitrogen and oxygen atoms in total. The molecule has 0 saturated carbocycles. The van der Waals surface area contributed by atoms with Gasteiger partial charge in [0.1, 0.15) is 11.4 Å². The van der Waals surface area contributed by atoms with Gasteiger partial charge in [0.25, 0.3) is 0 Å². The molecular weight excluding hydrogens is 309 g/mol. The summed E-state index contributed by atoms with van der Waals surface area (Å²) in [5, 5.41) is 12.6. The van der Waals surface area contributed by atoms with Crippen molar-refractivity contribution >= 4 is 41.6 Å². The van der Waals surface area contributed by atoms with Crippen LogP contribution in [0.1, 0.15) is 11.3 Å². The Labute approximate surface area is 133 Å². The van der Waals surface area contributed by atoms with E-state index < -0.39 is 0 Å². The highest BCUT2D eigenvalue weighted by atomic mass is 35.5. The van der Waals surface area contributed by atoms with Crippen molar-refractivity contribution in [2.75, 3.05) is 0 Å². The maximum absolute atomic E-state index is 9.25. The van der Waals surface area contributed by atoms with E-state index in [2.05, 4.69) is 15.1 Å². The van der Waals surface area contributed by atoms with Gasteiger partial charge in [0.2, 0.25) is 0 Å². The normalized spacial score (nSPS) is 13.2. The fourth-order valence-corrected chi connectivity index (χ4v) is 2.48. The minimum Gasteiger partial charge on any atom is -0.410 e.